The Morgan fingerprint density at radius 3 is 2.22 bits per heavy atom. The van der Waals surface area contributed by atoms with Crippen LogP contribution in [0, 0.1) is 56.7 Å². The van der Waals surface area contributed by atoms with Crippen LogP contribution in [-0.2, 0) is 4.79 Å². The third-order valence-corrected chi connectivity index (χ3v) is 15.4. The fraction of sp³-hybridized carbons (Fsp3) is 0.707. The second kappa shape index (κ2) is 10.8. The quantitative estimate of drug-likeness (QED) is 0.325. The molecule has 6 rings (SSSR count). The number of carboxylic acid groups (broad SMARTS) is 1. The molecule has 246 valence electrons. The molecule has 4 saturated carbocycles. The van der Waals surface area contributed by atoms with Crippen molar-refractivity contribution in [3.05, 3.63) is 53.6 Å². The molecule has 0 bridgehead atoms. The third-order valence-electron chi connectivity index (χ3n) is 15.4. The van der Waals surface area contributed by atoms with Gasteiger partial charge in [-0.2, -0.15) is 0 Å². The number of nitrogens with zero attached hydrogens (tertiary/aromatic N) is 1. The van der Waals surface area contributed by atoms with Crippen LogP contribution in [0.25, 0.3) is 5.57 Å². The first-order valence-electron chi connectivity index (χ1n) is 18.0. The average Bonchev–Trinajstić information content (AvgIpc) is 3.38. The molecule has 9 atom stereocenters. The van der Waals surface area contributed by atoms with Gasteiger partial charge < -0.3 is 10.0 Å². The Kier molecular flexibility index (Phi) is 7.85. The molecule has 0 spiro atoms. The van der Waals surface area contributed by atoms with Crippen LogP contribution in [0.15, 0.2) is 42.5 Å². The Morgan fingerprint density at radius 2 is 1.60 bits per heavy atom. The van der Waals surface area contributed by atoms with Crippen molar-refractivity contribution in [3.8, 4) is 0 Å². The number of carbonyl (C=O) groups excluding carboxylic acids is 1. The molecule has 0 aliphatic heterocycles. The van der Waals surface area contributed by atoms with E-state index < -0.39 is 5.97 Å². The molecule has 4 heteroatoms. The van der Waals surface area contributed by atoms with Crippen LogP contribution in [0.3, 0.4) is 0 Å². The minimum absolute atomic E-state index is 0.00528. The lowest BCUT2D eigenvalue weighted by Gasteiger charge is -2.72. The average molecular weight is 614 g/mol. The number of benzene rings is 1. The SMILES string of the molecule is C=C(C)[C@@H]1CC[C@]2(C(=O)N(C)CCC)CC[C@]3(C)[C@H](CC[C@@H]4[C@@]5(C)CC=C(c6ccc(C(=O)O)cc6)C(C)(C)[C@@H]5CC[C@]43C)[C@@H]12. The normalized spacial score (nSPS) is 41.5. The molecular weight excluding hydrogens is 554 g/mol. The standard InChI is InChI=1S/C41H59NO3/c1-10-25-42(9)36(45)41-22-17-29(26(2)3)34(41)31-15-16-33-38(6)20-18-30(27-11-13-28(14-12-27)35(43)44)37(4,5)32(38)19-21-40(33,8)39(31,7)23-24-41/h11-14,18,29,31-34H,2,10,15-17,19-25H2,1,3-9H3,(H,43,44)/t29-,31+,32-,33+,34+,38-,39+,40+,41-/m0/s1. The number of fused-ring (bicyclic) bond motifs is 7. The largest absolute Gasteiger partial charge is 0.478 e. The Balaban J connectivity index is 1.36. The Bertz CT molecular complexity index is 1410. The van der Waals surface area contributed by atoms with Crippen LogP contribution in [0.4, 0.5) is 0 Å². The Morgan fingerprint density at radius 1 is 0.911 bits per heavy atom. The zero-order valence-corrected chi connectivity index (χ0v) is 29.5. The summed E-state index contributed by atoms with van der Waals surface area (Å²) < 4.78 is 0. The van der Waals surface area contributed by atoms with Gasteiger partial charge in [0.05, 0.1) is 11.0 Å². The number of hydrogen-bond donors (Lipinski definition) is 1. The van der Waals surface area contributed by atoms with Crippen LogP contribution in [0.2, 0.25) is 0 Å². The van der Waals surface area contributed by atoms with E-state index in [0.29, 0.717) is 41.1 Å². The van der Waals surface area contributed by atoms with Crippen molar-refractivity contribution in [2.45, 2.75) is 113 Å². The lowest BCUT2D eigenvalue weighted by molar-refractivity contribution is -0.226. The summed E-state index contributed by atoms with van der Waals surface area (Å²) in [5.41, 5.74) is 4.64. The molecule has 45 heavy (non-hydrogen) atoms. The molecule has 5 aliphatic rings. The topological polar surface area (TPSA) is 57.6 Å². The van der Waals surface area contributed by atoms with Crippen LogP contribution in [0.5, 0.6) is 0 Å². The zero-order valence-electron chi connectivity index (χ0n) is 29.5. The summed E-state index contributed by atoms with van der Waals surface area (Å²) in [6.45, 7) is 22.6. The lowest BCUT2D eigenvalue weighted by atomic mass is 9.32. The fourth-order valence-corrected chi connectivity index (χ4v) is 13.2. The smallest absolute Gasteiger partial charge is 0.335 e. The van der Waals surface area contributed by atoms with Gasteiger partial charge in [0.2, 0.25) is 5.91 Å². The predicted octanol–water partition coefficient (Wildman–Crippen LogP) is 9.90. The maximum Gasteiger partial charge on any atom is 0.335 e. The van der Waals surface area contributed by atoms with E-state index in [4.69, 9.17) is 0 Å². The number of amides is 1. The van der Waals surface area contributed by atoms with Crippen molar-refractivity contribution in [1.82, 2.24) is 4.90 Å². The van der Waals surface area contributed by atoms with Gasteiger partial charge in [0, 0.05) is 13.6 Å². The van der Waals surface area contributed by atoms with E-state index in [1.165, 1.54) is 42.4 Å². The molecule has 4 fully saturated rings. The first-order valence-corrected chi connectivity index (χ1v) is 18.0. The van der Waals surface area contributed by atoms with Crippen molar-refractivity contribution < 1.29 is 14.7 Å². The molecule has 1 amide bonds. The predicted molar refractivity (Wildman–Crippen MR) is 184 cm³/mol. The summed E-state index contributed by atoms with van der Waals surface area (Å²) in [4.78, 5) is 28.0. The van der Waals surface area contributed by atoms with Gasteiger partial charge in [-0.15, -0.1) is 0 Å². The second-order valence-corrected chi connectivity index (χ2v) is 17.5. The monoisotopic (exact) mass is 613 g/mol. The summed E-state index contributed by atoms with van der Waals surface area (Å²) in [7, 11) is 2.05. The minimum atomic E-state index is -0.869. The van der Waals surface area contributed by atoms with Gasteiger partial charge in [0.15, 0.2) is 0 Å². The van der Waals surface area contributed by atoms with Crippen LogP contribution >= 0.6 is 0 Å². The number of aromatic carboxylic acids is 1. The summed E-state index contributed by atoms with van der Waals surface area (Å²) in [6, 6.07) is 7.56. The summed E-state index contributed by atoms with van der Waals surface area (Å²) in [5, 5.41) is 9.46. The van der Waals surface area contributed by atoms with Crippen molar-refractivity contribution in [3.63, 3.8) is 0 Å². The van der Waals surface area contributed by atoms with Gasteiger partial charge in [-0.05, 0) is 146 Å². The van der Waals surface area contributed by atoms with Gasteiger partial charge in [0.1, 0.15) is 0 Å². The molecule has 5 aliphatic carbocycles. The highest BCUT2D eigenvalue weighted by Crippen LogP contribution is 2.77. The minimum Gasteiger partial charge on any atom is -0.478 e. The van der Waals surface area contributed by atoms with Gasteiger partial charge in [-0.1, -0.05) is 71.9 Å². The molecular formula is C41H59NO3. The first kappa shape index (κ1) is 32.6. The van der Waals surface area contributed by atoms with Crippen molar-refractivity contribution in [2.24, 2.45) is 56.7 Å². The summed E-state index contributed by atoms with van der Waals surface area (Å²) in [5.74, 6) is 2.19. The maximum atomic E-state index is 14.4. The molecule has 1 aromatic rings. The highest BCUT2D eigenvalue weighted by molar-refractivity contribution is 5.88. The number of rotatable bonds is 6. The molecule has 1 aromatic carbocycles. The molecule has 4 nitrogen and oxygen atoms in total. The summed E-state index contributed by atoms with van der Waals surface area (Å²) >= 11 is 0. The maximum absolute atomic E-state index is 14.4. The lowest BCUT2D eigenvalue weighted by Crippen LogP contribution is -2.66. The highest BCUT2D eigenvalue weighted by Gasteiger charge is 2.71. The van der Waals surface area contributed by atoms with E-state index in [1.807, 2.05) is 19.2 Å². The molecule has 0 heterocycles. The van der Waals surface area contributed by atoms with Crippen molar-refractivity contribution >= 4 is 17.4 Å². The van der Waals surface area contributed by atoms with E-state index >= 15 is 0 Å². The third kappa shape index (κ3) is 4.42. The zero-order chi connectivity index (χ0) is 32.7. The van der Waals surface area contributed by atoms with E-state index in [-0.39, 0.29) is 27.1 Å². The molecule has 0 aromatic heterocycles. The van der Waals surface area contributed by atoms with Crippen LogP contribution in [-0.4, -0.2) is 35.5 Å². The van der Waals surface area contributed by atoms with Gasteiger partial charge in [-0.3, -0.25) is 4.79 Å². The Hall–Kier alpha value is -2.36. The van der Waals surface area contributed by atoms with E-state index in [9.17, 15) is 14.7 Å². The van der Waals surface area contributed by atoms with Gasteiger partial charge in [-0.25, -0.2) is 4.79 Å². The fourth-order valence-electron chi connectivity index (χ4n) is 13.2. The molecule has 0 unspecified atom stereocenters. The van der Waals surface area contributed by atoms with Crippen LogP contribution in [0.1, 0.15) is 129 Å². The van der Waals surface area contributed by atoms with E-state index in [2.05, 4.69) is 66.0 Å². The first-order chi connectivity index (χ1) is 21.1. The second-order valence-electron chi connectivity index (χ2n) is 17.5. The molecule has 0 saturated heterocycles. The van der Waals surface area contributed by atoms with Crippen molar-refractivity contribution in [1.29, 1.82) is 0 Å². The van der Waals surface area contributed by atoms with Crippen LogP contribution < -0.4 is 0 Å². The number of hydrogen-bond acceptors (Lipinski definition) is 2. The van der Waals surface area contributed by atoms with Gasteiger partial charge in [0.25, 0.3) is 0 Å². The molecule has 0 radical (unpaired) electrons. The number of carboxylic acids is 1. The van der Waals surface area contributed by atoms with Gasteiger partial charge >= 0.3 is 5.97 Å². The number of allylic oxidation sites excluding steroid dienone is 3. The number of carbonyl (C=O) groups is 2. The van der Waals surface area contributed by atoms with Crippen molar-refractivity contribution in [2.75, 3.05) is 13.6 Å². The molecule has 1 N–H and O–H groups in total. The highest BCUT2D eigenvalue weighted by atomic mass is 16.4. The van der Waals surface area contributed by atoms with E-state index in [1.54, 1.807) is 12.1 Å². The van der Waals surface area contributed by atoms with E-state index in [0.717, 1.165) is 45.1 Å². The summed E-state index contributed by atoms with van der Waals surface area (Å²) in [6.07, 6.45) is 13.9. The Labute approximate surface area is 273 Å².